The van der Waals surface area contributed by atoms with E-state index in [0.29, 0.717) is 19.1 Å². The fourth-order valence-corrected chi connectivity index (χ4v) is 2.34. The van der Waals surface area contributed by atoms with E-state index >= 15 is 0 Å². The normalized spacial score (nSPS) is 26.8. The molecule has 0 bridgehead atoms. The number of aliphatic hydroxyl groups is 1. The second-order valence-electron chi connectivity index (χ2n) is 5.06. The minimum absolute atomic E-state index is 0.294. The van der Waals surface area contributed by atoms with Gasteiger partial charge in [-0.2, -0.15) is 0 Å². The zero-order chi connectivity index (χ0) is 13.0. The van der Waals surface area contributed by atoms with Gasteiger partial charge in [0.2, 0.25) is 0 Å². The molecule has 2 atom stereocenters. The van der Waals surface area contributed by atoms with Crippen LogP contribution in [0.15, 0.2) is 11.6 Å². The Bertz CT molecular complexity index is 302. The Morgan fingerprint density at radius 3 is 2.71 bits per heavy atom. The van der Waals surface area contributed by atoms with Crippen LogP contribution in [0.3, 0.4) is 0 Å². The number of hydrogen-bond acceptors (Lipinski definition) is 4. The number of likely N-dealkylation sites (tertiary alicyclic amines) is 1. The lowest BCUT2D eigenvalue weighted by atomic mass is 10.2. The van der Waals surface area contributed by atoms with Gasteiger partial charge in [-0.1, -0.05) is 5.57 Å². The van der Waals surface area contributed by atoms with E-state index in [1.54, 1.807) is 0 Å². The summed E-state index contributed by atoms with van der Waals surface area (Å²) in [5.41, 5.74) is 0.815. The van der Waals surface area contributed by atoms with Crippen LogP contribution in [0.2, 0.25) is 0 Å². The Morgan fingerprint density at radius 2 is 2.18 bits per heavy atom. The van der Waals surface area contributed by atoms with Crippen molar-refractivity contribution in [3.8, 4) is 0 Å². The van der Waals surface area contributed by atoms with Gasteiger partial charge in [-0.05, 0) is 27.4 Å². The molecule has 1 saturated heterocycles. The number of carbonyl (C=O) groups is 1. The second-order valence-corrected chi connectivity index (χ2v) is 5.06. The van der Waals surface area contributed by atoms with E-state index < -0.39 is 5.97 Å². The van der Waals surface area contributed by atoms with Gasteiger partial charge in [-0.25, -0.2) is 4.79 Å². The van der Waals surface area contributed by atoms with E-state index in [2.05, 4.69) is 9.80 Å². The van der Waals surface area contributed by atoms with Crippen molar-refractivity contribution in [1.29, 1.82) is 0 Å². The molecule has 0 amide bonds. The first-order valence-electron chi connectivity index (χ1n) is 5.85. The molecular weight excluding hydrogens is 220 g/mol. The molecule has 0 aromatic carbocycles. The molecule has 0 aliphatic carbocycles. The lowest BCUT2D eigenvalue weighted by molar-refractivity contribution is -0.131. The fraction of sp³-hybridized carbons (Fsp3) is 0.750. The summed E-state index contributed by atoms with van der Waals surface area (Å²) in [6, 6.07) is 0.303. The third-order valence-corrected chi connectivity index (χ3v) is 2.90. The Kier molecular flexibility index (Phi) is 5.11. The van der Waals surface area contributed by atoms with E-state index in [4.69, 9.17) is 5.11 Å². The summed E-state index contributed by atoms with van der Waals surface area (Å²) in [7, 11) is 4.01. The van der Waals surface area contributed by atoms with Crippen molar-refractivity contribution in [2.24, 2.45) is 0 Å². The van der Waals surface area contributed by atoms with Crippen LogP contribution in [0.5, 0.6) is 0 Å². The van der Waals surface area contributed by atoms with Crippen molar-refractivity contribution in [1.82, 2.24) is 9.80 Å². The monoisotopic (exact) mass is 242 g/mol. The second kappa shape index (κ2) is 6.14. The molecule has 0 aromatic rings. The molecule has 17 heavy (non-hydrogen) atoms. The highest BCUT2D eigenvalue weighted by molar-refractivity contribution is 5.80. The largest absolute Gasteiger partial charge is 0.478 e. The summed E-state index contributed by atoms with van der Waals surface area (Å²) < 4.78 is 0. The van der Waals surface area contributed by atoms with Gasteiger partial charge in [-0.15, -0.1) is 0 Å². The molecule has 0 saturated carbocycles. The number of likely N-dealkylation sites (N-methyl/N-ethyl adjacent to an activating group) is 1. The van der Waals surface area contributed by atoms with Crippen molar-refractivity contribution < 1.29 is 15.0 Å². The molecule has 2 N–H and O–H groups in total. The molecule has 5 nitrogen and oxygen atoms in total. The number of β-amino-alcohol motifs (C(OH)–C–C–N with tert-alkyl or cyclic N) is 1. The zero-order valence-corrected chi connectivity index (χ0v) is 10.8. The molecule has 1 aliphatic heterocycles. The summed E-state index contributed by atoms with van der Waals surface area (Å²) in [6.07, 6.45) is 1.70. The first kappa shape index (κ1) is 14.2. The summed E-state index contributed by atoms with van der Waals surface area (Å²) in [6.45, 7) is 3.94. The molecule has 98 valence electrons. The lowest BCUT2D eigenvalue weighted by Crippen LogP contribution is -2.38. The van der Waals surface area contributed by atoms with Crippen LogP contribution in [-0.2, 0) is 4.79 Å². The summed E-state index contributed by atoms with van der Waals surface area (Å²) in [4.78, 5) is 14.8. The topological polar surface area (TPSA) is 64.0 Å². The SMILES string of the molecule is CC(=CC(=O)O)CN1CC(O)CC1CN(C)C. The first-order chi connectivity index (χ1) is 7.88. The van der Waals surface area contributed by atoms with Crippen molar-refractivity contribution in [3.63, 3.8) is 0 Å². The average molecular weight is 242 g/mol. The van der Waals surface area contributed by atoms with E-state index in [0.717, 1.165) is 18.5 Å². The highest BCUT2D eigenvalue weighted by Gasteiger charge is 2.30. The van der Waals surface area contributed by atoms with Crippen LogP contribution in [0.25, 0.3) is 0 Å². The summed E-state index contributed by atoms with van der Waals surface area (Å²) in [5.74, 6) is -0.911. The van der Waals surface area contributed by atoms with Crippen LogP contribution < -0.4 is 0 Å². The van der Waals surface area contributed by atoms with Gasteiger partial charge < -0.3 is 15.1 Å². The predicted molar refractivity (Wildman–Crippen MR) is 65.9 cm³/mol. The van der Waals surface area contributed by atoms with Gasteiger partial charge >= 0.3 is 5.97 Å². The molecule has 0 radical (unpaired) electrons. The number of hydrogen-bond donors (Lipinski definition) is 2. The Balaban J connectivity index is 2.58. The third-order valence-electron chi connectivity index (χ3n) is 2.90. The van der Waals surface area contributed by atoms with E-state index in [-0.39, 0.29) is 6.10 Å². The molecule has 0 spiro atoms. The van der Waals surface area contributed by atoms with Crippen LogP contribution in [0.4, 0.5) is 0 Å². The van der Waals surface area contributed by atoms with Crippen molar-refractivity contribution in [2.45, 2.75) is 25.5 Å². The number of nitrogens with zero attached hydrogens (tertiary/aromatic N) is 2. The Morgan fingerprint density at radius 1 is 1.53 bits per heavy atom. The van der Waals surface area contributed by atoms with Crippen LogP contribution in [-0.4, -0.2) is 71.9 Å². The van der Waals surface area contributed by atoms with Crippen LogP contribution >= 0.6 is 0 Å². The zero-order valence-electron chi connectivity index (χ0n) is 10.8. The number of carboxylic acids is 1. The maximum Gasteiger partial charge on any atom is 0.328 e. The lowest BCUT2D eigenvalue weighted by Gasteiger charge is -2.26. The van der Waals surface area contributed by atoms with E-state index in [9.17, 15) is 9.90 Å². The van der Waals surface area contributed by atoms with Gasteiger partial charge in [0.05, 0.1) is 6.10 Å². The fourth-order valence-electron chi connectivity index (χ4n) is 2.34. The number of aliphatic hydroxyl groups excluding tert-OH is 1. The number of rotatable bonds is 5. The van der Waals surface area contributed by atoms with Gasteiger partial charge in [0, 0.05) is 31.8 Å². The minimum atomic E-state index is -0.911. The van der Waals surface area contributed by atoms with Crippen LogP contribution in [0, 0.1) is 0 Å². The molecule has 0 aromatic heterocycles. The van der Waals surface area contributed by atoms with Gasteiger partial charge in [0.15, 0.2) is 0 Å². The quantitative estimate of drug-likeness (QED) is 0.665. The van der Waals surface area contributed by atoms with Gasteiger partial charge in [0.25, 0.3) is 0 Å². The third kappa shape index (κ3) is 4.85. The molecular formula is C12H22N2O3. The average Bonchev–Trinajstić information content (AvgIpc) is 2.43. The van der Waals surface area contributed by atoms with Crippen molar-refractivity contribution in [3.05, 3.63) is 11.6 Å². The Hall–Kier alpha value is -0.910. The van der Waals surface area contributed by atoms with Crippen LogP contribution in [0.1, 0.15) is 13.3 Å². The van der Waals surface area contributed by atoms with E-state index in [1.807, 2.05) is 21.0 Å². The highest BCUT2D eigenvalue weighted by Crippen LogP contribution is 2.19. The number of carboxylic acid groups (broad SMARTS) is 1. The molecule has 1 aliphatic rings. The smallest absolute Gasteiger partial charge is 0.328 e. The van der Waals surface area contributed by atoms with Gasteiger partial charge in [0.1, 0.15) is 0 Å². The molecule has 1 heterocycles. The van der Waals surface area contributed by atoms with Crippen molar-refractivity contribution in [2.75, 3.05) is 33.7 Å². The molecule has 1 fully saturated rings. The maximum absolute atomic E-state index is 10.6. The maximum atomic E-state index is 10.6. The first-order valence-corrected chi connectivity index (χ1v) is 5.85. The van der Waals surface area contributed by atoms with Gasteiger partial charge in [-0.3, -0.25) is 4.90 Å². The summed E-state index contributed by atoms with van der Waals surface area (Å²) in [5, 5.41) is 18.4. The number of aliphatic carboxylic acids is 1. The molecule has 5 heteroatoms. The summed E-state index contributed by atoms with van der Waals surface area (Å²) >= 11 is 0. The molecule has 1 rings (SSSR count). The molecule has 2 unspecified atom stereocenters. The predicted octanol–water partition coefficient (Wildman–Crippen LogP) is 0.0141. The highest BCUT2D eigenvalue weighted by atomic mass is 16.4. The standard InChI is InChI=1S/C12H22N2O3/c1-9(4-12(16)17)6-14-8-11(15)5-10(14)7-13(2)3/h4,10-11,15H,5-8H2,1-3H3,(H,16,17). The van der Waals surface area contributed by atoms with Crippen molar-refractivity contribution >= 4 is 5.97 Å². The van der Waals surface area contributed by atoms with E-state index in [1.165, 1.54) is 6.08 Å². The minimum Gasteiger partial charge on any atom is -0.478 e. The Labute approximate surface area is 102 Å².